The van der Waals surface area contributed by atoms with Gasteiger partial charge < -0.3 is 16.0 Å². The van der Waals surface area contributed by atoms with Gasteiger partial charge in [0.1, 0.15) is 6.07 Å². The van der Waals surface area contributed by atoms with Crippen LogP contribution in [0.25, 0.3) is 5.65 Å². The lowest BCUT2D eigenvalue weighted by atomic mass is 10.2. The number of nitrogens with zero attached hydrogens (tertiary/aromatic N) is 4. The number of carbonyl (C=O) groups excluding carboxylic acids is 1. The summed E-state index contributed by atoms with van der Waals surface area (Å²) in [5, 5.41) is 23.3. The quantitative estimate of drug-likeness (QED) is 0.622. The van der Waals surface area contributed by atoms with Crippen molar-refractivity contribution in [2.24, 2.45) is 0 Å². The Labute approximate surface area is 156 Å². The molecule has 4 rings (SSSR count). The molecule has 2 aromatic heterocycles. The highest BCUT2D eigenvalue weighted by Crippen LogP contribution is 2.29. The van der Waals surface area contributed by atoms with E-state index in [9.17, 15) is 10.1 Å². The van der Waals surface area contributed by atoms with Crippen LogP contribution in [0.15, 0.2) is 36.5 Å². The van der Waals surface area contributed by atoms with Gasteiger partial charge in [0.25, 0.3) is 0 Å². The van der Waals surface area contributed by atoms with E-state index in [0.717, 1.165) is 24.2 Å². The van der Waals surface area contributed by atoms with Gasteiger partial charge in [0.05, 0.1) is 11.9 Å². The van der Waals surface area contributed by atoms with E-state index in [4.69, 9.17) is 0 Å². The number of nitrogens with one attached hydrogen (secondary N) is 3. The fourth-order valence-electron chi connectivity index (χ4n) is 2.73. The fourth-order valence-corrected chi connectivity index (χ4v) is 2.73. The van der Waals surface area contributed by atoms with Crippen LogP contribution in [0.3, 0.4) is 0 Å². The normalized spacial score (nSPS) is 13.2. The maximum absolute atomic E-state index is 11.6. The van der Waals surface area contributed by atoms with E-state index in [2.05, 4.69) is 32.1 Å². The molecule has 136 valence electrons. The number of benzene rings is 1. The Morgan fingerprint density at radius 1 is 1.33 bits per heavy atom. The second-order valence-corrected chi connectivity index (χ2v) is 6.46. The topological polar surface area (TPSA) is 107 Å². The third kappa shape index (κ3) is 3.67. The molecule has 0 radical (unpaired) electrons. The molecule has 2 heterocycles. The first-order valence-electron chi connectivity index (χ1n) is 8.88. The molecule has 0 atom stereocenters. The molecule has 8 heteroatoms. The van der Waals surface area contributed by atoms with Gasteiger partial charge in [0.2, 0.25) is 5.91 Å². The maximum Gasteiger partial charge on any atom is 0.224 e. The van der Waals surface area contributed by atoms with Crippen molar-refractivity contribution in [1.82, 2.24) is 14.6 Å². The predicted octanol–water partition coefficient (Wildman–Crippen LogP) is 3.27. The van der Waals surface area contributed by atoms with Crippen molar-refractivity contribution in [3.05, 3.63) is 42.2 Å². The first kappa shape index (κ1) is 16.8. The second kappa shape index (κ2) is 6.96. The van der Waals surface area contributed by atoms with Crippen molar-refractivity contribution in [2.45, 2.75) is 32.2 Å². The van der Waals surface area contributed by atoms with Crippen molar-refractivity contribution in [1.29, 1.82) is 5.26 Å². The summed E-state index contributed by atoms with van der Waals surface area (Å²) in [6.45, 7) is 1.81. The van der Waals surface area contributed by atoms with Gasteiger partial charge in [-0.2, -0.15) is 9.78 Å². The van der Waals surface area contributed by atoms with Gasteiger partial charge in [-0.15, -0.1) is 5.10 Å². The Kier molecular flexibility index (Phi) is 4.34. The largest absolute Gasteiger partial charge is 0.379 e. The third-order valence-electron chi connectivity index (χ3n) is 4.26. The number of imidazole rings is 1. The van der Waals surface area contributed by atoms with Crippen LogP contribution in [0.4, 0.5) is 22.9 Å². The molecular weight excluding hydrogens is 342 g/mol. The van der Waals surface area contributed by atoms with E-state index in [1.165, 1.54) is 10.7 Å². The van der Waals surface area contributed by atoms with Crippen LogP contribution >= 0.6 is 0 Å². The molecule has 0 saturated heterocycles. The number of fused-ring (bicyclic) bond motifs is 1. The first-order valence-corrected chi connectivity index (χ1v) is 8.88. The standard InChI is InChI=1S/C19H19N7O/c1-2-18(27)24-14-5-3-4-13(8-14)23-17-9-16(22-12-6-7-12)19-21-11-15(10-20)26(19)25-17/h3-5,8-9,11-12,22H,2,6-7H2,1H3,(H,23,25)(H,24,27). The molecule has 0 bridgehead atoms. The Hall–Kier alpha value is -3.60. The van der Waals surface area contributed by atoms with E-state index in [1.54, 1.807) is 0 Å². The van der Waals surface area contributed by atoms with Crippen LogP contribution in [0.2, 0.25) is 0 Å². The van der Waals surface area contributed by atoms with E-state index in [1.807, 2.05) is 37.3 Å². The Bertz CT molecular complexity index is 1050. The summed E-state index contributed by atoms with van der Waals surface area (Å²) in [5.41, 5.74) is 3.34. The lowest BCUT2D eigenvalue weighted by Gasteiger charge is -2.12. The number of aromatic nitrogens is 3. The van der Waals surface area contributed by atoms with Crippen LogP contribution in [-0.2, 0) is 4.79 Å². The number of amides is 1. The number of nitriles is 1. The average molecular weight is 361 g/mol. The summed E-state index contributed by atoms with van der Waals surface area (Å²) in [7, 11) is 0. The third-order valence-corrected chi connectivity index (χ3v) is 4.26. The van der Waals surface area contributed by atoms with Crippen molar-refractivity contribution in [3.63, 3.8) is 0 Å². The predicted molar refractivity (Wildman–Crippen MR) is 103 cm³/mol. The molecule has 0 unspecified atom stereocenters. The van der Waals surface area contributed by atoms with Crippen molar-refractivity contribution >= 4 is 34.4 Å². The molecule has 1 aliphatic carbocycles. The van der Waals surface area contributed by atoms with Gasteiger partial charge in [-0.25, -0.2) is 4.98 Å². The van der Waals surface area contributed by atoms with Crippen molar-refractivity contribution in [2.75, 3.05) is 16.0 Å². The molecule has 1 amide bonds. The molecule has 0 aliphatic heterocycles. The summed E-state index contributed by atoms with van der Waals surface area (Å²) in [6.07, 6.45) is 4.19. The van der Waals surface area contributed by atoms with Crippen LogP contribution < -0.4 is 16.0 Å². The molecule has 1 fully saturated rings. The molecular formula is C19H19N7O. The number of carbonyl (C=O) groups is 1. The van der Waals surface area contributed by atoms with E-state index in [-0.39, 0.29) is 5.91 Å². The second-order valence-electron chi connectivity index (χ2n) is 6.46. The molecule has 1 saturated carbocycles. The first-order chi connectivity index (χ1) is 13.2. The summed E-state index contributed by atoms with van der Waals surface area (Å²) >= 11 is 0. The Balaban J connectivity index is 1.66. The maximum atomic E-state index is 11.6. The summed E-state index contributed by atoms with van der Waals surface area (Å²) in [5.74, 6) is 0.541. The molecule has 3 aromatic rings. The molecule has 8 nitrogen and oxygen atoms in total. The molecule has 0 spiro atoms. The minimum Gasteiger partial charge on any atom is -0.379 e. The summed E-state index contributed by atoms with van der Waals surface area (Å²) < 4.78 is 1.54. The van der Waals surface area contributed by atoms with Gasteiger partial charge in [-0.05, 0) is 31.0 Å². The van der Waals surface area contributed by atoms with E-state index < -0.39 is 0 Å². The number of hydrogen-bond acceptors (Lipinski definition) is 6. The van der Waals surface area contributed by atoms with Gasteiger partial charge in [-0.3, -0.25) is 4.79 Å². The molecule has 1 aromatic carbocycles. The minimum absolute atomic E-state index is 0.0420. The van der Waals surface area contributed by atoms with Crippen LogP contribution in [-0.4, -0.2) is 26.5 Å². The van der Waals surface area contributed by atoms with Crippen LogP contribution in [0.5, 0.6) is 0 Å². The molecule has 27 heavy (non-hydrogen) atoms. The molecule has 3 N–H and O–H groups in total. The zero-order chi connectivity index (χ0) is 18.8. The van der Waals surface area contributed by atoms with Gasteiger partial charge in [0.15, 0.2) is 17.2 Å². The van der Waals surface area contributed by atoms with Crippen molar-refractivity contribution in [3.8, 4) is 6.07 Å². The van der Waals surface area contributed by atoms with Gasteiger partial charge in [0, 0.05) is 29.9 Å². The fraction of sp³-hybridized carbons (Fsp3) is 0.263. The lowest BCUT2D eigenvalue weighted by molar-refractivity contribution is -0.115. The Morgan fingerprint density at radius 2 is 2.15 bits per heavy atom. The highest BCUT2D eigenvalue weighted by atomic mass is 16.1. The smallest absolute Gasteiger partial charge is 0.224 e. The number of rotatable bonds is 6. The lowest BCUT2D eigenvalue weighted by Crippen LogP contribution is -2.10. The monoisotopic (exact) mass is 361 g/mol. The highest BCUT2D eigenvalue weighted by molar-refractivity contribution is 5.91. The van der Waals surface area contributed by atoms with Crippen molar-refractivity contribution < 1.29 is 4.79 Å². The summed E-state index contributed by atoms with van der Waals surface area (Å²) in [4.78, 5) is 15.9. The SMILES string of the molecule is CCC(=O)Nc1cccc(Nc2cc(NC3CC3)c3ncc(C#N)n3n2)c1. The van der Waals surface area contributed by atoms with Gasteiger partial charge in [-0.1, -0.05) is 13.0 Å². The zero-order valence-electron chi connectivity index (χ0n) is 14.9. The van der Waals surface area contributed by atoms with Crippen LogP contribution in [0.1, 0.15) is 31.9 Å². The van der Waals surface area contributed by atoms with Crippen LogP contribution in [0, 0.1) is 11.3 Å². The molecule has 1 aliphatic rings. The Morgan fingerprint density at radius 3 is 2.89 bits per heavy atom. The van der Waals surface area contributed by atoms with E-state index >= 15 is 0 Å². The number of hydrogen-bond donors (Lipinski definition) is 3. The zero-order valence-corrected chi connectivity index (χ0v) is 14.9. The summed E-state index contributed by atoms with van der Waals surface area (Å²) in [6, 6.07) is 11.9. The highest BCUT2D eigenvalue weighted by Gasteiger charge is 2.23. The van der Waals surface area contributed by atoms with E-state index in [0.29, 0.717) is 35.3 Å². The minimum atomic E-state index is -0.0420. The average Bonchev–Trinajstić information content (AvgIpc) is 3.38. The van der Waals surface area contributed by atoms with Gasteiger partial charge >= 0.3 is 0 Å². The number of anilines is 4.